The molecule has 2 aromatic heterocycles. The van der Waals surface area contributed by atoms with Gasteiger partial charge >= 0.3 is 0 Å². The predicted octanol–water partition coefficient (Wildman–Crippen LogP) is 0.224. The van der Waals surface area contributed by atoms with Crippen molar-refractivity contribution in [3.05, 3.63) is 36.2 Å². The number of hydrogen-bond donors (Lipinski definition) is 2. The molecule has 0 spiro atoms. The minimum absolute atomic E-state index is 0.197. The minimum Gasteiger partial charge on any atom is -0.384 e. The Morgan fingerprint density at radius 3 is 3.00 bits per heavy atom. The summed E-state index contributed by atoms with van der Waals surface area (Å²) in [5, 5.41) is 13.6. The summed E-state index contributed by atoms with van der Waals surface area (Å²) in [6.07, 6.45) is 4.04. The second-order valence-corrected chi connectivity index (χ2v) is 4.04. The molecular formula is C12H16N6O. The average Bonchev–Trinajstić information content (AvgIpc) is 2.84. The lowest BCUT2D eigenvalue weighted by molar-refractivity contribution is 0.0958. The van der Waals surface area contributed by atoms with Crippen LogP contribution in [-0.4, -0.2) is 39.2 Å². The van der Waals surface area contributed by atoms with Crippen LogP contribution in [0.5, 0.6) is 0 Å². The summed E-state index contributed by atoms with van der Waals surface area (Å²) < 4.78 is 1.88. The molecule has 1 amide bonds. The third-order valence-corrected chi connectivity index (χ3v) is 2.70. The zero-order valence-corrected chi connectivity index (χ0v) is 10.9. The first kappa shape index (κ1) is 13.0. The van der Waals surface area contributed by atoms with Crippen molar-refractivity contribution < 1.29 is 4.79 Å². The second-order valence-electron chi connectivity index (χ2n) is 4.04. The van der Waals surface area contributed by atoms with Crippen LogP contribution >= 0.6 is 0 Å². The fraction of sp³-hybridized carbons (Fsp3) is 0.333. The van der Waals surface area contributed by atoms with Crippen LogP contribution in [0.3, 0.4) is 0 Å². The van der Waals surface area contributed by atoms with E-state index in [9.17, 15) is 4.79 Å². The van der Waals surface area contributed by atoms with Crippen molar-refractivity contribution in [1.29, 1.82) is 0 Å². The van der Waals surface area contributed by atoms with Gasteiger partial charge in [0.15, 0.2) is 0 Å². The third kappa shape index (κ3) is 3.27. The van der Waals surface area contributed by atoms with Crippen LogP contribution in [0.2, 0.25) is 0 Å². The third-order valence-electron chi connectivity index (χ3n) is 2.70. The number of nitrogens with one attached hydrogen (secondary N) is 2. The Labute approximate surface area is 111 Å². The van der Waals surface area contributed by atoms with Gasteiger partial charge in [0.05, 0.1) is 0 Å². The van der Waals surface area contributed by atoms with Gasteiger partial charge in [0.1, 0.15) is 17.8 Å². The van der Waals surface area contributed by atoms with Crippen molar-refractivity contribution in [3.63, 3.8) is 0 Å². The van der Waals surface area contributed by atoms with Crippen LogP contribution in [0.4, 0.5) is 5.69 Å². The second kappa shape index (κ2) is 5.94. The largest absolute Gasteiger partial charge is 0.384 e. The number of rotatable bonds is 5. The lowest BCUT2D eigenvalue weighted by Crippen LogP contribution is -2.19. The zero-order chi connectivity index (χ0) is 13.7. The van der Waals surface area contributed by atoms with E-state index in [0.29, 0.717) is 12.2 Å². The summed E-state index contributed by atoms with van der Waals surface area (Å²) in [5.41, 5.74) is 1.25. The first-order chi connectivity index (χ1) is 9.20. The molecule has 2 rings (SSSR count). The number of aromatic nitrogens is 4. The molecule has 2 aromatic rings. The molecule has 0 saturated carbocycles. The molecule has 0 saturated heterocycles. The smallest absolute Gasteiger partial charge is 0.269 e. The highest BCUT2D eigenvalue weighted by molar-refractivity contribution is 5.92. The zero-order valence-electron chi connectivity index (χ0n) is 10.9. The van der Waals surface area contributed by atoms with Gasteiger partial charge in [-0.25, -0.2) is 0 Å². The molecule has 0 atom stereocenters. The lowest BCUT2D eigenvalue weighted by Gasteiger charge is -2.07. The highest BCUT2D eigenvalue weighted by Crippen LogP contribution is 2.08. The number of anilines is 1. The van der Waals surface area contributed by atoms with Crippen LogP contribution in [0.15, 0.2) is 24.7 Å². The summed E-state index contributed by atoms with van der Waals surface area (Å²) in [6.45, 7) is 0.712. The number of aryl methyl sites for hydroxylation is 1. The van der Waals surface area contributed by atoms with Gasteiger partial charge in [0.25, 0.3) is 5.91 Å². The molecule has 0 aliphatic carbocycles. The minimum atomic E-state index is -0.197. The molecular weight excluding hydrogens is 244 g/mol. The quantitative estimate of drug-likeness (QED) is 0.803. The Kier molecular flexibility index (Phi) is 4.07. The number of nitrogens with zero attached hydrogens (tertiary/aromatic N) is 4. The highest BCUT2D eigenvalue weighted by Gasteiger charge is 2.05. The maximum absolute atomic E-state index is 11.4. The molecule has 7 nitrogen and oxygen atoms in total. The van der Waals surface area contributed by atoms with E-state index in [4.69, 9.17) is 0 Å². The van der Waals surface area contributed by atoms with Crippen molar-refractivity contribution in [2.45, 2.75) is 6.42 Å². The van der Waals surface area contributed by atoms with Gasteiger partial charge in [-0.1, -0.05) is 0 Å². The first-order valence-corrected chi connectivity index (χ1v) is 5.95. The molecule has 0 aliphatic heterocycles. The summed E-state index contributed by atoms with van der Waals surface area (Å²) >= 11 is 0. The normalized spacial score (nSPS) is 10.2. The van der Waals surface area contributed by atoms with Crippen molar-refractivity contribution in [3.8, 4) is 0 Å². The number of carbonyl (C=O) groups excluding carboxylic acids is 1. The van der Waals surface area contributed by atoms with Crippen molar-refractivity contribution >= 4 is 11.6 Å². The van der Waals surface area contributed by atoms with Crippen LogP contribution in [0, 0.1) is 0 Å². The molecule has 2 heterocycles. The van der Waals surface area contributed by atoms with Crippen LogP contribution < -0.4 is 10.6 Å². The van der Waals surface area contributed by atoms with E-state index in [1.165, 1.54) is 0 Å². The number of pyridine rings is 1. The fourth-order valence-corrected chi connectivity index (χ4v) is 1.64. The van der Waals surface area contributed by atoms with E-state index in [0.717, 1.165) is 17.9 Å². The Hall–Kier alpha value is -2.44. The van der Waals surface area contributed by atoms with E-state index >= 15 is 0 Å². The molecule has 2 N–H and O–H groups in total. The van der Waals surface area contributed by atoms with Gasteiger partial charge < -0.3 is 15.2 Å². The van der Waals surface area contributed by atoms with E-state index in [-0.39, 0.29) is 5.91 Å². The summed E-state index contributed by atoms with van der Waals surface area (Å²) in [4.78, 5) is 15.5. The van der Waals surface area contributed by atoms with E-state index in [2.05, 4.69) is 25.8 Å². The monoisotopic (exact) mass is 260 g/mol. The topological polar surface area (TPSA) is 84.7 Å². The van der Waals surface area contributed by atoms with Gasteiger partial charge in [-0.15, -0.1) is 10.2 Å². The summed E-state index contributed by atoms with van der Waals surface area (Å²) in [5.74, 6) is 0.713. The number of hydrogen-bond acceptors (Lipinski definition) is 5. The summed E-state index contributed by atoms with van der Waals surface area (Å²) in [7, 11) is 3.49. The van der Waals surface area contributed by atoms with Gasteiger partial charge in [-0.2, -0.15) is 0 Å². The average molecular weight is 260 g/mol. The van der Waals surface area contributed by atoms with E-state index in [1.54, 1.807) is 25.6 Å². The van der Waals surface area contributed by atoms with Gasteiger partial charge in [-0.05, 0) is 12.1 Å². The molecule has 0 aromatic carbocycles. The molecule has 0 fully saturated rings. The predicted molar refractivity (Wildman–Crippen MR) is 70.8 cm³/mol. The Balaban J connectivity index is 1.93. The highest BCUT2D eigenvalue weighted by atomic mass is 16.1. The Morgan fingerprint density at radius 1 is 1.47 bits per heavy atom. The van der Waals surface area contributed by atoms with E-state index < -0.39 is 0 Å². The maximum Gasteiger partial charge on any atom is 0.269 e. The van der Waals surface area contributed by atoms with Crippen molar-refractivity contribution in [2.24, 2.45) is 7.05 Å². The maximum atomic E-state index is 11.4. The molecule has 7 heteroatoms. The van der Waals surface area contributed by atoms with Crippen molar-refractivity contribution in [1.82, 2.24) is 25.1 Å². The SMILES string of the molecule is CNC(=O)c1cc(NCCc2nncn2C)ccn1. The Bertz CT molecular complexity index is 565. The van der Waals surface area contributed by atoms with Crippen LogP contribution in [-0.2, 0) is 13.5 Å². The molecule has 100 valence electrons. The first-order valence-electron chi connectivity index (χ1n) is 5.95. The van der Waals surface area contributed by atoms with Gasteiger partial charge in [0.2, 0.25) is 0 Å². The van der Waals surface area contributed by atoms with Gasteiger partial charge in [0, 0.05) is 38.9 Å². The standard InChI is InChI=1S/C12H16N6O/c1-13-12(19)10-7-9(3-5-15-10)14-6-4-11-17-16-8-18(11)2/h3,5,7-8H,4,6H2,1-2H3,(H,13,19)(H,14,15). The Morgan fingerprint density at radius 2 is 2.32 bits per heavy atom. The summed E-state index contributed by atoms with van der Waals surface area (Å²) in [6, 6.07) is 3.54. The number of carbonyl (C=O) groups is 1. The molecule has 0 unspecified atom stereocenters. The van der Waals surface area contributed by atoms with Crippen LogP contribution in [0.25, 0.3) is 0 Å². The fourth-order valence-electron chi connectivity index (χ4n) is 1.64. The van der Waals surface area contributed by atoms with Crippen molar-refractivity contribution in [2.75, 3.05) is 18.9 Å². The number of amides is 1. The van der Waals surface area contributed by atoms with E-state index in [1.807, 2.05) is 17.7 Å². The molecule has 19 heavy (non-hydrogen) atoms. The molecule has 0 radical (unpaired) electrons. The van der Waals surface area contributed by atoms with Gasteiger partial charge in [-0.3, -0.25) is 9.78 Å². The molecule has 0 bridgehead atoms. The van der Waals surface area contributed by atoms with Crippen LogP contribution in [0.1, 0.15) is 16.3 Å². The lowest BCUT2D eigenvalue weighted by atomic mass is 10.3. The molecule has 0 aliphatic rings.